The zero-order valence-electron chi connectivity index (χ0n) is 12.8. The molecule has 5 heteroatoms. The molecule has 0 fully saturated rings. The summed E-state index contributed by atoms with van der Waals surface area (Å²) in [5.41, 5.74) is 4.96. The van der Waals surface area contributed by atoms with Gasteiger partial charge in [-0.2, -0.15) is 5.10 Å². The lowest BCUT2D eigenvalue weighted by Gasteiger charge is -2.07. The largest absolute Gasteiger partial charge is 0.324 e. The van der Waals surface area contributed by atoms with Crippen LogP contribution >= 0.6 is 0 Å². The first-order valence-electron chi connectivity index (χ1n) is 7.64. The van der Waals surface area contributed by atoms with Gasteiger partial charge in [-0.1, -0.05) is 42.5 Å². The molecular formula is C19H15N5. The number of nitrogens with one attached hydrogen (secondary N) is 2. The summed E-state index contributed by atoms with van der Waals surface area (Å²) in [5, 5.41) is 10.2. The Labute approximate surface area is 139 Å². The number of anilines is 2. The summed E-state index contributed by atoms with van der Waals surface area (Å²) in [4.78, 5) is 8.87. The monoisotopic (exact) mass is 313 g/mol. The predicted octanol–water partition coefficient (Wildman–Crippen LogP) is 4.28. The van der Waals surface area contributed by atoms with Crippen LogP contribution in [0.2, 0.25) is 0 Å². The third-order valence-electron chi connectivity index (χ3n) is 3.68. The Balaban J connectivity index is 1.55. The molecule has 4 aromatic rings. The highest BCUT2D eigenvalue weighted by molar-refractivity contribution is 5.65. The zero-order chi connectivity index (χ0) is 16.2. The second-order valence-electron chi connectivity index (χ2n) is 5.30. The zero-order valence-corrected chi connectivity index (χ0v) is 12.8. The van der Waals surface area contributed by atoms with Gasteiger partial charge in [-0.05, 0) is 29.8 Å². The van der Waals surface area contributed by atoms with Crippen LogP contribution in [0.3, 0.4) is 0 Å². The van der Waals surface area contributed by atoms with Gasteiger partial charge in [-0.3, -0.25) is 5.10 Å². The number of aromatic amines is 1. The van der Waals surface area contributed by atoms with Crippen LogP contribution in [0.5, 0.6) is 0 Å². The molecule has 2 heterocycles. The lowest BCUT2D eigenvalue weighted by atomic mass is 10.1. The van der Waals surface area contributed by atoms with E-state index in [4.69, 9.17) is 0 Å². The lowest BCUT2D eigenvalue weighted by molar-refractivity contribution is 1.10. The van der Waals surface area contributed by atoms with E-state index in [9.17, 15) is 0 Å². The van der Waals surface area contributed by atoms with E-state index in [-0.39, 0.29) is 0 Å². The van der Waals surface area contributed by atoms with Gasteiger partial charge in [0.25, 0.3) is 0 Å². The van der Waals surface area contributed by atoms with Crippen molar-refractivity contribution in [1.82, 2.24) is 20.2 Å². The molecule has 24 heavy (non-hydrogen) atoms. The highest BCUT2D eigenvalue weighted by Gasteiger charge is 2.03. The van der Waals surface area contributed by atoms with Crippen LogP contribution in [0, 0.1) is 0 Å². The minimum absolute atomic E-state index is 0.575. The molecule has 4 rings (SSSR count). The van der Waals surface area contributed by atoms with Gasteiger partial charge in [0, 0.05) is 23.6 Å². The molecule has 0 spiro atoms. The van der Waals surface area contributed by atoms with E-state index in [1.54, 1.807) is 12.4 Å². The van der Waals surface area contributed by atoms with Gasteiger partial charge in [-0.15, -0.1) is 0 Å². The molecule has 0 aliphatic carbocycles. The molecule has 0 atom stereocenters. The predicted molar refractivity (Wildman–Crippen MR) is 94.8 cm³/mol. The van der Waals surface area contributed by atoms with Crippen molar-refractivity contribution in [2.24, 2.45) is 0 Å². The molecule has 0 saturated carbocycles. The van der Waals surface area contributed by atoms with Gasteiger partial charge in [0.1, 0.15) is 0 Å². The lowest BCUT2D eigenvalue weighted by Crippen LogP contribution is -1.97. The normalized spacial score (nSPS) is 10.5. The van der Waals surface area contributed by atoms with Crippen LogP contribution in [-0.4, -0.2) is 20.2 Å². The Hall–Kier alpha value is -3.47. The molecule has 0 unspecified atom stereocenters. The maximum Gasteiger partial charge on any atom is 0.227 e. The van der Waals surface area contributed by atoms with E-state index in [0.29, 0.717) is 5.95 Å². The summed E-state index contributed by atoms with van der Waals surface area (Å²) in [7, 11) is 0. The molecule has 2 aromatic carbocycles. The molecule has 0 amide bonds. The Kier molecular flexibility index (Phi) is 3.73. The van der Waals surface area contributed by atoms with Crippen molar-refractivity contribution in [3.05, 3.63) is 79.1 Å². The molecule has 2 N–H and O–H groups in total. The quantitative estimate of drug-likeness (QED) is 0.590. The van der Waals surface area contributed by atoms with E-state index in [0.717, 1.165) is 28.2 Å². The highest BCUT2D eigenvalue weighted by atomic mass is 15.1. The van der Waals surface area contributed by atoms with Gasteiger partial charge < -0.3 is 5.32 Å². The SMILES string of the molecule is c1ccc(-c2ccnc(Nc3ccc(-c4ccn[nH]4)cc3)n2)cc1. The number of aromatic nitrogens is 4. The summed E-state index contributed by atoms with van der Waals surface area (Å²) < 4.78 is 0. The second-order valence-corrected chi connectivity index (χ2v) is 5.30. The summed E-state index contributed by atoms with van der Waals surface area (Å²) in [6.45, 7) is 0. The number of rotatable bonds is 4. The van der Waals surface area contributed by atoms with Crippen molar-refractivity contribution < 1.29 is 0 Å². The fourth-order valence-corrected chi connectivity index (χ4v) is 2.47. The van der Waals surface area contributed by atoms with Crippen molar-refractivity contribution >= 4 is 11.6 Å². The smallest absolute Gasteiger partial charge is 0.227 e. The topological polar surface area (TPSA) is 66.5 Å². The third-order valence-corrected chi connectivity index (χ3v) is 3.68. The fraction of sp³-hybridized carbons (Fsp3) is 0. The van der Waals surface area contributed by atoms with Gasteiger partial charge in [0.15, 0.2) is 0 Å². The van der Waals surface area contributed by atoms with Gasteiger partial charge in [-0.25, -0.2) is 9.97 Å². The van der Waals surface area contributed by atoms with Crippen LogP contribution in [0.25, 0.3) is 22.5 Å². The molecular weight excluding hydrogens is 298 g/mol. The summed E-state index contributed by atoms with van der Waals surface area (Å²) in [5.74, 6) is 0.575. The maximum absolute atomic E-state index is 4.57. The first-order valence-corrected chi connectivity index (χ1v) is 7.64. The second kappa shape index (κ2) is 6.34. The third kappa shape index (κ3) is 3.01. The summed E-state index contributed by atoms with van der Waals surface area (Å²) >= 11 is 0. The van der Waals surface area contributed by atoms with Crippen molar-refractivity contribution in [3.8, 4) is 22.5 Å². The van der Waals surface area contributed by atoms with Gasteiger partial charge in [0.2, 0.25) is 5.95 Å². The van der Waals surface area contributed by atoms with Crippen molar-refractivity contribution in [2.45, 2.75) is 0 Å². The van der Waals surface area contributed by atoms with Crippen molar-refractivity contribution in [2.75, 3.05) is 5.32 Å². The number of hydrogen-bond donors (Lipinski definition) is 2. The summed E-state index contributed by atoms with van der Waals surface area (Å²) in [6, 6.07) is 21.9. The van der Waals surface area contributed by atoms with Crippen LogP contribution in [0.1, 0.15) is 0 Å². The van der Waals surface area contributed by atoms with E-state index in [2.05, 4.69) is 25.5 Å². The Morgan fingerprint density at radius 3 is 2.33 bits per heavy atom. The molecule has 5 nitrogen and oxygen atoms in total. The number of benzene rings is 2. The first-order chi connectivity index (χ1) is 11.9. The highest BCUT2D eigenvalue weighted by Crippen LogP contribution is 2.22. The minimum atomic E-state index is 0.575. The van der Waals surface area contributed by atoms with Gasteiger partial charge in [0.05, 0.1) is 11.4 Å². The van der Waals surface area contributed by atoms with Crippen LogP contribution in [0.4, 0.5) is 11.6 Å². The average Bonchev–Trinajstić information content (AvgIpc) is 3.18. The molecule has 0 aliphatic heterocycles. The van der Waals surface area contributed by atoms with Crippen molar-refractivity contribution in [3.63, 3.8) is 0 Å². The van der Waals surface area contributed by atoms with Crippen LogP contribution in [-0.2, 0) is 0 Å². The van der Waals surface area contributed by atoms with E-state index < -0.39 is 0 Å². The van der Waals surface area contributed by atoms with Crippen LogP contribution < -0.4 is 5.32 Å². The van der Waals surface area contributed by atoms with Gasteiger partial charge >= 0.3 is 0 Å². The number of H-pyrrole nitrogens is 1. The number of nitrogens with zero attached hydrogens (tertiary/aromatic N) is 3. The molecule has 0 bridgehead atoms. The van der Waals surface area contributed by atoms with Crippen molar-refractivity contribution in [1.29, 1.82) is 0 Å². The molecule has 116 valence electrons. The Morgan fingerprint density at radius 2 is 1.58 bits per heavy atom. The molecule has 0 aliphatic rings. The van der Waals surface area contributed by atoms with E-state index in [1.807, 2.05) is 66.7 Å². The standard InChI is InChI=1S/C19H15N5/c1-2-4-14(5-3-1)17-10-12-20-19(23-17)22-16-8-6-15(7-9-16)18-11-13-21-24-18/h1-13H,(H,21,24)(H,20,22,23). The molecule has 0 radical (unpaired) electrons. The number of hydrogen-bond acceptors (Lipinski definition) is 4. The average molecular weight is 313 g/mol. The molecule has 2 aromatic heterocycles. The Bertz CT molecular complexity index is 916. The van der Waals surface area contributed by atoms with E-state index in [1.165, 1.54) is 0 Å². The Morgan fingerprint density at radius 1 is 0.750 bits per heavy atom. The fourth-order valence-electron chi connectivity index (χ4n) is 2.47. The van der Waals surface area contributed by atoms with E-state index >= 15 is 0 Å². The molecule has 0 saturated heterocycles. The first kappa shape index (κ1) is 14.1. The minimum Gasteiger partial charge on any atom is -0.324 e. The van der Waals surface area contributed by atoms with Crippen LogP contribution in [0.15, 0.2) is 79.1 Å². The maximum atomic E-state index is 4.57. The summed E-state index contributed by atoms with van der Waals surface area (Å²) in [6.07, 6.45) is 3.50.